The molecular weight excluding hydrogens is 450 g/mol. The first-order chi connectivity index (χ1) is 15.4. The van der Waals surface area contributed by atoms with E-state index in [1.54, 1.807) is 30.2 Å². The summed E-state index contributed by atoms with van der Waals surface area (Å²) >= 11 is 1.53. The standard InChI is InChI=1S/C21H21N5O4S2/c1-14-16(24-21(30-14)17-5-3-11-31-17)12-19(27)25-7-9-26(10-8-25)32(28,29)18-13-23-20-15(18)4-2-6-22-20/h2-6,11,13H,7-10,12H2,1H3,(H,22,23). The number of piperazine rings is 1. The molecule has 0 atom stereocenters. The lowest BCUT2D eigenvalue weighted by Gasteiger charge is -2.33. The van der Waals surface area contributed by atoms with Crippen molar-refractivity contribution in [2.45, 2.75) is 18.2 Å². The highest BCUT2D eigenvalue weighted by molar-refractivity contribution is 7.89. The van der Waals surface area contributed by atoms with Crippen LogP contribution in [0.4, 0.5) is 0 Å². The Morgan fingerprint density at radius 3 is 2.78 bits per heavy atom. The van der Waals surface area contributed by atoms with Gasteiger partial charge in [0.1, 0.15) is 16.3 Å². The van der Waals surface area contributed by atoms with Crippen LogP contribution in [-0.4, -0.2) is 64.7 Å². The molecule has 1 N–H and O–H groups in total. The lowest BCUT2D eigenvalue weighted by molar-refractivity contribution is -0.131. The quantitative estimate of drug-likeness (QED) is 0.479. The summed E-state index contributed by atoms with van der Waals surface area (Å²) in [6.45, 7) is 2.92. The van der Waals surface area contributed by atoms with Gasteiger partial charge in [-0.05, 0) is 30.5 Å². The van der Waals surface area contributed by atoms with Crippen molar-refractivity contribution in [2.75, 3.05) is 26.2 Å². The van der Waals surface area contributed by atoms with Crippen LogP contribution >= 0.6 is 11.3 Å². The number of amides is 1. The molecule has 32 heavy (non-hydrogen) atoms. The number of sulfonamides is 1. The lowest BCUT2D eigenvalue weighted by Crippen LogP contribution is -2.50. The third-order valence-electron chi connectivity index (χ3n) is 5.57. The van der Waals surface area contributed by atoms with Gasteiger partial charge in [-0.1, -0.05) is 6.07 Å². The Morgan fingerprint density at radius 2 is 2.03 bits per heavy atom. The van der Waals surface area contributed by atoms with E-state index in [1.165, 1.54) is 21.8 Å². The number of hydrogen-bond acceptors (Lipinski definition) is 7. The van der Waals surface area contributed by atoms with E-state index in [1.807, 2.05) is 17.5 Å². The van der Waals surface area contributed by atoms with Crippen molar-refractivity contribution in [3.8, 4) is 10.8 Å². The number of pyridine rings is 1. The molecule has 5 rings (SSSR count). The number of aromatic nitrogens is 3. The number of aryl methyl sites for hydroxylation is 1. The summed E-state index contributed by atoms with van der Waals surface area (Å²) in [5.41, 5.74) is 1.14. The highest BCUT2D eigenvalue weighted by Crippen LogP contribution is 2.27. The molecule has 0 unspecified atom stereocenters. The van der Waals surface area contributed by atoms with Crippen LogP contribution in [0.3, 0.4) is 0 Å². The summed E-state index contributed by atoms with van der Waals surface area (Å²) in [5.74, 6) is 1.05. The average Bonchev–Trinajstić information content (AvgIpc) is 3.54. The van der Waals surface area contributed by atoms with Gasteiger partial charge >= 0.3 is 0 Å². The van der Waals surface area contributed by atoms with Crippen LogP contribution in [0, 0.1) is 6.92 Å². The number of nitrogens with zero attached hydrogens (tertiary/aromatic N) is 4. The molecule has 4 aromatic rings. The van der Waals surface area contributed by atoms with Crippen LogP contribution in [0.25, 0.3) is 21.8 Å². The molecule has 1 saturated heterocycles. The van der Waals surface area contributed by atoms with Crippen molar-refractivity contribution < 1.29 is 17.6 Å². The van der Waals surface area contributed by atoms with Gasteiger partial charge in [0.15, 0.2) is 0 Å². The second-order valence-electron chi connectivity index (χ2n) is 7.51. The van der Waals surface area contributed by atoms with Gasteiger partial charge in [-0.3, -0.25) is 4.79 Å². The fourth-order valence-corrected chi connectivity index (χ4v) is 6.04. The third-order valence-corrected chi connectivity index (χ3v) is 8.36. The summed E-state index contributed by atoms with van der Waals surface area (Å²) < 4.78 is 33.4. The summed E-state index contributed by atoms with van der Waals surface area (Å²) in [7, 11) is -3.68. The minimum Gasteiger partial charge on any atom is -0.440 e. The fourth-order valence-electron chi connectivity index (χ4n) is 3.81. The molecule has 0 spiro atoms. The summed E-state index contributed by atoms with van der Waals surface area (Å²) in [6, 6.07) is 7.29. The number of H-pyrrole nitrogens is 1. The molecule has 9 nitrogen and oxygen atoms in total. The summed E-state index contributed by atoms with van der Waals surface area (Å²) in [5, 5.41) is 2.51. The van der Waals surface area contributed by atoms with Crippen LogP contribution < -0.4 is 0 Å². The number of fused-ring (bicyclic) bond motifs is 1. The largest absolute Gasteiger partial charge is 0.440 e. The molecule has 4 aromatic heterocycles. The van der Waals surface area contributed by atoms with Gasteiger partial charge in [-0.15, -0.1) is 11.3 Å². The lowest BCUT2D eigenvalue weighted by atomic mass is 10.2. The molecule has 5 heterocycles. The Hall–Kier alpha value is -3.02. The molecule has 1 aliphatic heterocycles. The molecule has 1 aliphatic rings. The zero-order valence-corrected chi connectivity index (χ0v) is 18.9. The highest BCUT2D eigenvalue weighted by Gasteiger charge is 2.32. The Bertz CT molecular complexity index is 1370. The normalized spacial score (nSPS) is 15.5. The molecule has 0 bridgehead atoms. The van der Waals surface area contributed by atoms with E-state index in [0.29, 0.717) is 41.5 Å². The first-order valence-electron chi connectivity index (χ1n) is 10.1. The summed E-state index contributed by atoms with van der Waals surface area (Å²) in [6.07, 6.45) is 3.21. The number of oxazole rings is 1. The fraction of sp³-hybridized carbons (Fsp3) is 0.286. The maximum Gasteiger partial charge on any atom is 0.245 e. The van der Waals surface area contributed by atoms with Gasteiger partial charge in [0.2, 0.25) is 21.8 Å². The Morgan fingerprint density at radius 1 is 1.22 bits per heavy atom. The number of hydrogen-bond donors (Lipinski definition) is 1. The molecule has 0 aromatic carbocycles. The van der Waals surface area contributed by atoms with E-state index in [9.17, 15) is 13.2 Å². The van der Waals surface area contributed by atoms with E-state index in [2.05, 4.69) is 15.0 Å². The molecule has 1 fully saturated rings. The molecule has 0 saturated carbocycles. The zero-order chi connectivity index (χ0) is 22.3. The second kappa shape index (κ2) is 8.15. The first-order valence-corrected chi connectivity index (χ1v) is 12.5. The second-order valence-corrected chi connectivity index (χ2v) is 10.4. The Labute approximate surface area is 188 Å². The van der Waals surface area contributed by atoms with E-state index in [4.69, 9.17) is 4.42 Å². The average molecular weight is 472 g/mol. The predicted octanol–water partition coefficient (Wildman–Crippen LogP) is 2.66. The van der Waals surface area contributed by atoms with E-state index in [-0.39, 0.29) is 30.3 Å². The third kappa shape index (κ3) is 3.72. The van der Waals surface area contributed by atoms with Gasteiger partial charge in [-0.25, -0.2) is 18.4 Å². The monoisotopic (exact) mass is 471 g/mol. The zero-order valence-electron chi connectivity index (χ0n) is 17.3. The SMILES string of the molecule is Cc1oc(-c2cccs2)nc1CC(=O)N1CCN(S(=O)(=O)c2c[nH]c3ncccc23)CC1. The van der Waals surface area contributed by atoms with Gasteiger partial charge in [-0.2, -0.15) is 4.31 Å². The maximum absolute atomic E-state index is 13.1. The van der Waals surface area contributed by atoms with E-state index in [0.717, 1.165) is 4.88 Å². The number of carbonyl (C=O) groups is 1. The first kappa shape index (κ1) is 20.9. The van der Waals surface area contributed by atoms with Crippen molar-refractivity contribution in [1.82, 2.24) is 24.2 Å². The topological polar surface area (TPSA) is 112 Å². The van der Waals surface area contributed by atoms with Crippen LogP contribution in [0.2, 0.25) is 0 Å². The number of thiophene rings is 1. The molecular formula is C21H21N5O4S2. The Balaban J connectivity index is 1.25. The van der Waals surface area contributed by atoms with Crippen molar-refractivity contribution in [3.63, 3.8) is 0 Å². The minimum absolute atomic E-state index is 0.0903. The molecule has 0 radical (unpaired) electrons. The molecule has 0 aliphatic carbocycles. The number of nitrogens with one attached hydrogen (secondary N) is 1. The Kier molecular flexibility index (Phi) is 5.31. The van der Waals surface area contributed by atoms with Crippen LogP contribution in [0.15, 0.2) is 51.4 Å². The van der Waals surface area contributed by atoms with Crippen LogP contribution in [-0.2, 0) is 21.2 Å². The van der Waals surface area contributed by atoms with Crippen molar-refractivity contribution >= 4 is 38.3 Å². The van der Waals surface area contributed by atoms with Crippen LogP contribution in [0.1, 0.15) is 11.5 Å². The number of aromatic amines is 1. The smallest absolute Gasteiger partial charge is 0.245 e. The number of carbonyl (C=O) groups excluding carboxylic acids is 1. The predicted molar refractivity (Wildman–Crippen MR) is 120 cm³/mol. The van der Waals surface area contributed by atoms with Gasteiger partial charge in [0, 0.05) is 44.0 Å². The molecule has 11 heteroatoms. The minimum atomic E-state index is -3.68. The van der Waals surface area contributed by atoms with Crippen molar-refractivity contribution in [3.05, 3.63) is 53.5 Å². The van der Waals surface area contributed by atoms with Crippen LogP contribution in [0.5, 0.6) is 0 Å². The van der Waals surface area contributed by atoms with E-state index >= 15 is 0 Å². The van der Waals surface area contributed by atoms with Crippen molar-refractivity contribution in [1.29, 1.82) is 0 Å². The highest BCUT2D eigenvalue weighted by atomic mass is 32.2. The molecule has 166 valence electrons. The van der Waals surface area contributed by atoms with E-state index < -0.39 is 10.0 Å². The van der Waals surface area contributed by atoms with Crippen molar-refractivity contribution in [2.24, 2.45) is 0 Å². The van der Waals surface area contributed by atoms with Gasteiger partial charge in [0.25, 0.3) is 0 Å². The molecule has 1 amide bonds. The number of rotatable bonds is 5. The van der Waals surface area contributed by atoms with Gasteiger partial charge < -0.3 is 14.3 Å². The maximum atomic E-state index is 13.1. The van der Waals surface area contributed by atoms with Gasteiger partial charge in [0.05, 0.1) is 17.0 Å². The summed E-state index contributed by atoms with van der Waals surface area (Å²) in [4.78, 5) is 27.2.